The van der Waals surface area contributed by atoms with Gasteiger partial charge in [0.05, 0.1) is 12.2 Å². The maximum absolute atomic E-state index is 11.6. The monoisotopic (exact) mass is 240 g/mol. The fraction of sp³-hybridized carbons (Fsp3) is 0.929. The van der Waals surface area contributed by atoms with Gasteiger partial charge in [-0.25, -0.2) is 0 Å². The maximum Gasteiger partial charge on any atom is 0.135 e. The van der Waals surface area contributed by atoms with Crippen molar-refractivity contribution in [2.45, 2.75) is 51.6 Å². The van der Waals surface area contributed by atoms with Gasteiger partial charge in [0.1, 0.15) is 5.78 Å². The molecule has 0 amide bonds. The summed E-state index contributed by atoms with van der Waals surface area (Å²) in [6, 6.07) is 0. The number of ketones is 1. The lowest BCUT2D eigenvalue weighted by atomic mass is 9.82. The molecule has 0 aliphatic carbocycles. The second kappa shape index (κ2) is 5.49. The molecule has 0 bridgehead atoms. The third-order valence-corrected chi connectivity index (χ3v) is 4.11. The molecule has 2 aliphatic heterocycles. The number of carbonyl (C=O) groups is 1. The van der Waals surface area contributed by atoms with Crippen LogP contribution >= 0.6 is 0 Å². The van der Waals surface area contributed by atoms with Gasteiger partial charge in [-0.15, -0.1) is 0 Å². The third-order valence-electron chi connectivity index (χ3n) is 4.11. The van der Waals surface area contributed by atoms with Gasteiger partial charge in [-0.1, -0.05) is 13.8 Å². The van der Waals surface area contributed by atoms with E-state index in [-0.39, 0.29) is 11.5 Å². The number of hydrogen-bond acceptors (Lipinski definition) is 3. The van der Waals surface area contributed by atoms with Crippen molar-refractivity contribution in [3.8, 4) is 0 Å². The highest BCUT2D eigenvalue weighted by atomic mass is 16.6. The van der Waals surface area contributed by atoms with Crippen molar-refractivity contribution in [2.75, 3.05) is 19.8 Å². The van der Waals surface area contributed by atoms with Gasteiger partial charge in [0.2, 0.25) is 0 Å². The van der Waals surface area contributed by atoms with E-state index in [0.717, 1.165) is 51.9 Å². The van der Waals surface area contributed by atoms with Gasteiger partial charge < -0.3 is 9.47 Å². The van der Waals surface area contributed by atoms with Crippen molar-refractivity contribution in [3.63, 3.8) is 0 Å². The third kappa shape index (κ3) is 3.29. The predicted octanol–water partition coefficient (Wildman–Crippen LogP) is 2.58. The zero-order valence-corrected chi connectivity index (χ0v) is 11.0. The van der Waals surface area contributed by atoms with E-state index in [1.807, 2.05) is 13.8 Å². The van der Waals surface area contributed by atoms with Crippen molar-refractivity contribution < 1.29 is 14.3 Å². The molecule has 17 heavy (non-hydrogen) atoms. The molecule has 3 nitrogen and oxygen atoms in total. The number of carbonyl (C=O) groups excluding carboxylic acids is 1. The molecule has 0 saturated carbocycles. The summed E-state index contributed by atoms with van der Waals surface area (Å²) in [5.74, 6) is 1.22. The summed E-state index contributed by atoms with van der Waals surface area (Å²) in [4.78, 5) is 11.6. The Hall–Kier alpha value is -0.410. The predicted molar refractivity (Wildman–Crippen MR) is 65.9 cm³/mol. The lowest BCUT2D eigenvalue weighted by molar-refractivity contribution is -0.123. The summed E-state index contributed by atoms with van der Waals surface area (Å²) in [7, 11) is 0. The minimum Gasteiger partial charge on any atom is -0.378 e. The Morgan fingerprint density at radius 3 is 2.88 bits per heavy atom. The topological polar surface area (TPSA) is 35.5 Å². The minimum atomic E-state index is -0.0101. The second-order valence-electron chi connectivity index (χ2n) is 5.85. The highest BCUT2D eigenvalue weighted by molar-refractivity contribution is 5.80. The van der Waals surface area contributed by atoms with Gasteiger partial charge in [-0.2, -0.15) is 0 Å². The molecule has 0 N–H and O–H groups in total. The summed E-state index contributed by atoms with van der Waals surface area (Å²) in [6.07, 6.45) is 4.98. The molecular weight excluding hydrogens is 216 g/mol. The van der Waals surface area contributed by atoms with Crippen LogP contribution in [0.4, 0.5) is 0 Å². The van der Waals surface area contributed by atoms with Crippen LogP contribution in [-0.2, 0) is 14.3 Å². The van der Waals surface area contributed by atoms with Crippen LogP contribution in [-0.4, -0.2) is 31.2 Å². The summed E-state index contributed by atoms with van der Waals surface area (Å²) < 4.78 is 11.4. The molecule has 0 aromatic heterocycles. The Bertz CT molecular complexity index is 267. The number of hydrogen-bond donors (Lipinski definition) is 0. The van der Waals surface area contributed by atoms with Gasteiger partial charge in [0.25, 0.3) is 0 Å². The van der Waals surface area contributed by atoms with E-state index in [4.69, 9.17) is 9.47 Å². The normalized spacial score (nSPS) is 33.5. The zero-order chi connectivity index (χ0) is 12.3. The molecule has 0 aromatic rings. The first-order chi connectivity index (χ1) is 8.11. The molecule has 2 aliphatic rings. The van der Waals surface area contributed by atoms with E-state index in [0.29, 0.717) is 11.7 Å². The van der Waals surface area contributed by atoms with E-state index in [1.54, 1.807) is 0 Å². The molecule has 2 fully saturated rings. The van der Waals surface area contributed by atoms with Crippen LogP contribution in [0.15, 0.2) is 0 Å². The standard InChI is InChI=1S/C14H24O3/c1-11(2)13(15)4-3-12-5-7-17-14(9-12)6-8-16-10-14/h11-12H,3-10H2,1-2H3. The van der Waals surface area contributed by atoms with Crippen molar-refractivity contribution in [1.82, 2.24) is 0 Å². The molecule has 2 atom stereocenters. The Morgan fingerprint density at radius 1 is 1.41 bits per heavy atom. The van der Waals surface area contributed by atoms with E-state index in [2.05, 4.69) is 0 Å². The average molecular weight is 240 g/mol. The molecule has 1 spiro atoms. The molecule has 98 valence electrons. The lowest BCUT2D eigenvalue weighted by Crippen LogP contribution is -2.40. The maximum atomic E-state index is 11.6. The fourth-order valence-electron chi connectivity index (χ4n) is 2.87. The van der Waals surface area contributed by atoms with Crippen LogP contribution < -0.4 is 0 Å². The molecule has 2 heterocycles. The number of ether oxygens (including phenoxy) is 2. The lowest BCUT2D eigenvalue weighted by Gasteiger charge is -2.37. The molecule has 3 heteroatoms. The first kappa shape index (κ1) is 13.0. The largest absolute Gasteiger partial charge is 0.378 e. The summed E-state index contributed by atoms with van der Waals surface area (Å²) in [5.41, 5.74) is -0.0101. The summed E-state index contributed by atoms with van der Waals surface area (Å²) in [6.45, 7) is 6.39. The highest BCUT2D eigenvalue weighted by Crippen LogP contribution is 2.37. The number of Topliss-reactive ketones (excluding diaryl/α,β-unsaturated/α-hetero) is 1. The molecule has 2 saturated heterocycles. The Morgan fingerprint density at radius 2 is 2.24 bits per heavy atom. The van der Waals surface area contributed by atoms with Gasteiger partial charge >= 0.3 is 0 Å². The Labute approximate surface area is 104 Å². The Balaban J connectivity index is 1.79. The molecule has 2 unspecified atom stereocenters. The van der Waals surface area contributed by atoms with Crippen LogP contribution in [0.5, 0.6) is 0 Å². The first-order valence-corrected chi connectivity index (χ1v) is 6.86. The van der Waals surface area contributed by atoms with Crippen LogP contribution in [0, 0.1) is 11.8 Å². The minimum absolute atomic E-state index is 0.0101. The van der Waals surface area contributed by atoms with Gasteiger partial charge in [-0.3, -0.25) is 4.79 Å². The van der Waals surface area contributed by atoms with E-state index in [1.165, 1.54) is 0 Å². The van der Waals surface area contributed by atoms with Crippen molar-refractivity contribution in [1.29, 1.82) is 0 Å². The molecule has 2 rings (SSSR count). The van der Waals surface area contributed by atoms with Crippen molar-refractivity contribution in [3.05, 3.63) is 0 Å². The second-order valence-corrected chi connectivity index (χ2v) is 5.85. The summed E-state index contributed by atoms with van der Waals surface area (Å²) >= 11 is 0. The fourth-order valence-corrected chi connectivity index (χ4v) is 2.87. The van der Waals surface area contributed by atoms with Crippen LogP contribution in [0.3, 0.4) is 0 Å². The van der Waals surface area contributed by atoms with E-state index < -0.39 is 0 Å². The Kier molecular flexibility index (Phi) is 4.21. The van der Waals surface area contributed by atoms with Crippen LogP contribution in [0.1, 0.15) is 46.0 Å². The van der Waals surface area contributed by atoms with Crippen molar-refractivity contribution in [2.24, 2.45) is 11.8 Å². The van der Waals surface area contributed by atoms with Gasteiger partial charge in [0.15, 0.2) is 0 Å². The average Bonchev–Trinajstić information content (AvgIpc) is 2.74. The van der Waals surface area contributed by atoms with Crippen LogP contribution in [0.25, 0.3) is 0 Å². The summed E-state index contributed by atoms with van der Waals surface area (Å²) in [5, 5.41) is 0. The highest BCUT2D eigenvalue weighted by Gasteiger charge is 2.40. The smallest absolute Gasteiger partial charge is 0.135 e. The van der Waals surface area contributed by atoms with Crippen molar-refractivity contribution >= 4 is 5.78 Å². The molecule has 0 radical (unpaired) electrons. The van der Waals surface area contributed by atoms with Crippen LogP contribution in [0.2, 0.25) is 0 Å². The van der Waals surface area contributed by atoms with E-state index >= 15 is 0 Å². The number of rotatable bonds is 4. The molecule has 0 aromatic carbocycles. The quantitative estimate of drug-likeness (QED) is 0.757. The SMILES string of the molecule is CC(C)C(=O)CCC1CCOC2(CCOC2)C1. The first-order valence-electron chi connectivity index (χ1n) is 6.86. The van der Waals surface area contributed by atoms with Gasteiger partial charge in [0, 0.05) is 32.0 Å². The molecular formula is C14H24O3. The van der Waals surface area contributed by atoms with E-state index in [9.17, 15) is 4.79 Å². The van der Waals surface area contributed by atoms with Gasteiger partial charge in [-0.05, 0) is 25.2 Å². The zero-order valence-electron chi connectivity index (χ0n) is 11.0.